The summed E-state index contributed by atoms with van der Waals surface area (Å²) in [7, 11) is -2.12. The lowest BCUT2D eigenvalue weighted by molar-refractivity contribution is -0.121. The monoisotopic (exact) mass is 539 g/mol. The predicted molar refractivity (Wildman–Crippen MR) is 142 cm³/mol. The Morgan fingerprint density at radius 3 is 2.71 bits per heavy atom. The number of rotatable bonds is 8. The fourth-order valence-electron chi connectivity index (χ4n) is 5.08. The third-order valence-corrected chi connectivity index (χ3v) is 9.01. The van der Waals surface area contributed by atoms with Gasteiger partial charge in [-0.3, -0.25) is 9.69 Å². The molecule has 11 heteroatoms. The second-order valence-electron chi connectivity index (χ2n) is 9.92. The Morgan fingerprint density at radius 1 is 1.13 bits per heavy atom. The number of nitrogens with one attached hydrogen (secondary N) is 1. The molecule has 1 unspecified atom stereocenters. The van der Waals surface area contributed by atoms with E-state index < -0.39 is 10.0 Å². The predicted octanol–water partition coefficient (Wildman–Crippen LogP) is 3.69. The maximum Gasteiger partial charge on any atom is 0.243 e. The molecule has 202 valence electrons. The number of hydrogen-bond donors (Lipinski definition) is 1. The number of methoxy groups -OCH3 is 1. The standard InChI is InChI=1S/C27H33N5O5S/c1-19-7-5-8-20(15-19)26-29-25(37-30-26)18-31-12-6-9-21(17-31)27(33)28-23-16-22(10-11-24(23)36-2)38(34,35)32-13-3-4-14-32/h5,7-8,10-11,15-16,21H,3-4,6,9,12-14,17-18H2,1-2H3,(H,28,33). The van der Waals surface area contributed by atoms with Gasteiger partial charge in [-0.05, 0) is 63.4 Å². The van der Waals surface area contributed by atoms with Crippen molar-refractivity contribution in [1.29, 1.82) is 0 Å². The Bertz CT molecular complexity index is 1400. The van der Waals surface area contributed by atoms with Gasteiger partial charge in [-0.1, -0.05) is 28.9 Å². The highest BCUT2D eigenvalue weighted by Crippen LogP contribution is 2.31. The van der Waals surface area contributed by atoms with Crippen molar-refractivity contribution in [2.24, 2.45) is 5.92 Å². The molecule has 10 nitrogen and oxygen atoms in total. The van der Waals surface area contributed by atoms with Gasteiger partial charge in [0.25, 0.3) is 0 Å². The lowest BCUT2D eigenvalue weighted by Gasteiger charge is -2.31. The van der Waals surface area contributed by atoms with Crippen molar-refractivity contribution in [3.8, 4) is 17.1 Å². The van der Waals surface area contributed by atoms with Crippen molar-refractivity contribution in [2.45, 2.75) is 44.0 Å². The van der Waals surface area contributed by atoms with Crippen LogP contribution in [0.5, 0.6) is 5.75 Å². The van der Waals surface area contributed by atoms with Crippen LogP contribution in [0, 0.1) is 12.8 Å². The minimum atomic E-state index is -3.62. The van der Waals surface area contributed by atoms with E-state index in [0.29, 0.717) is 49.3 Å². The SMILES string of the molecule is COc1ccc(S(=O)(=O)N2CCCC2)cc1NC(=O)C1CCCN(Cc2nc(-c3cccc(C)c3)no2)C1. The van der Waals surface area contributed by atoms with Crippen molar-refractivity contribution in [3.05, 3.63) is 53.9 Å². The number of nitrogens with zero attached hydrogens (tertiary/aromatic N) is 4. The second kappa shape index (κ2) is 11.2. The summed E-state index contributed by atoms with van der Waals surface area (Å²) in [6, 6.07) is 12.5. The second-order valence-corrected chi connectivity index (χ2v) is 11.9. The first-order valence-corrected chi connectivity index (χ1v) is 14.4. The van der Waals surface area contributed by atoms with E-state index in [2.05, 4.69) is 20.4 Å². The third kappa shape index (κ3) is 5.74. The highest BCUT2D eigenvalue weighted by molar-refractivity contribution is 7.89. The third-order valence-electron chi connectivity index (χ3n) is 7.11. The summed E-state index contributed by atoms with van der Waals surface area (Å²) in [4.78, 5) is 20.1. The van der Waals surface area contributed by atoms with Gasteiger partial charge in [-0.2, -0.15) is 9.29 Å². The molecule has 1 N–H and O–H groups in total. The zero-order valence-electron chi connectivity index (χ0n) is 21.7. The molecule has 0 bridgehead atoms. The Balaban J connectivity index is 1.25. The van der Waals surface area contributed by atoms with Crippen LogP contribution in [0.4, 0.5) is 5.69 Å². The van der Waals surface area contributed by atoms with Crippen LogP contribution in [-0.2, 0) is 21.4 Å². The first-order valence-electron chi connectivity index (χ1n) is 12.9. The van der Waals surface area contributed by atoms with Crippen LogP contribution >= 0.6 is 0 Å². The van der Waals surface area contributed by atoms with E-state index in [9.17, 15) is 13.2 Å². The summed E-state index contributed by atoms with van der Waals surface area (Å²) in [5, 5.41) is 7.04. The van der Waals surface area contributed by atoms with Gasteiger partial charge in [0.2, 0.25) is 27.6 Å². The van der Waals surface area contributed by atoms with Crippen molar-refractivity contribution in [3.63, 3.8) is 0 Å². The van der Waals surface area contributed by atoms with E-state index >= 15 is 0 Å². The minimum Gasteiger partial charge on any atom is -0.495 e. The van der Waals surface area contributed by atoms with Gasteiger partial charge in [0.1, 0.15) is 5.75 Å². The van der Waals surface area contributed by atoms with E-state index in [1.807, 2.05) is 31.2 Å². The average Bonchev–Trinajstić information content (AvgIpc) is 3.62. The van der Waals surface area contributed by atoms with Crippen LogP contribution in [0.3, 0.4) is 0 Å². The molecule has 3 aromatic rings. The van der Waals surface area contributed by atoms with Gasteiger partial charge < -0.3 is 14.6 Å². The number of amides is 1. The van der Waals surface area contributed by atoms with Crippen LogP contribution in [0.25, 0.3) is 11.4 Å². The van der Waals surface area contributed by atoms with Crippen molar-refractivity contribution in [1.82, 2.24) is 19.3 Å². The molecule has 1 aromatic heterocycles. The number of benzene rings is 2. The Kier molecular flexibility index (Phi) is 7.78. The van der Waals surface area contributed by atoms with Crippen molar-refractivity contribution >= 4 is 21.6 Å². The van der Waals surface area contributed by atoms with Crippen LogP contribution < -0.4 is 10.1 Å². The number of piperidine rings is 1. The first-order chi connectivity index (χ1) is 18.3. The smallest absolute Gasteiger partial charge is 0.243 e. The lowest BCUT2D eigenvalue weighted by atomic mass is 9.97. The molecule has 2 saturated heterocycles. The Labute approximate surface area is 223 Å². The number of aromatic nitrogens is 2. The highest BCUT2D eigenvalue weighted by Gasteiger charge is 2.30. The summed E-state index contributed by atoms with van der Waals surface area (Å²) in [6.45, 7) is 4.85. The molecule has 2 fully saturated rings. The molecular formula is C27H33N5O5S. The molecule has 0 radical (unpaired) electrons. The maximum atomic E-state index is 13.3. The zero-order valence-corrected chi connectivity index (χ0v) is 22.5. The zero-order chi connectivity index (χ0) is 26.7. The van der Waals surface area contributed by atoms with Crippen molar-refractivity contribution in [2.75, 3.05) is 38.6 Å². The number of sulfonamides is 1. The van der Waals surface area contributed by atoms with Crippen LogP contribution in [0.1, 0.15) is 37.1 Å². The molecule has 0 aliphatic carbocycles. The summed E-state index contributed by atoms with van der Waals surface area (Å²) in [5.41, 5.74) is 2.38. The largest absolute Gasteiger partial charge is 0.495 e. The fraction of sp³-hybridized carbons (Fsp3) is 0.444. The van der Waals surface area contributed by atoms with E-state index in [1.165, 1.54) is 23.5 Å². The first kappa shape index (κ1) is 26.3. The number of anilines is 1. The van der Waals surface area contributed by atoms with E-state index in [4.69, 9.17) is 9.26 Å². The molecule has 1 atom stereocenters. The Hall–Kier alpha value is -3.28. The minimum absolute atomic E-state index is 0.154. The highest BCUT2D eigenvalue weighted by atomic mass is 32.2. The number of aryl methyl sites for hydroxylation is 1. The molecule has 5 rings (SSSR count). The maximum absolute atomic E-state index is 13.3. The average molecular weight is 540 g/mol. The molecule has 3 heterocycles. The Morgan fingerprint density at radius 2 is 1.95 bits per heavy atom. The lowest BCUT2D eigenvalue weighted by Crippen LogP contribution is -2.40. The molecule has 1 amide bonds. The van der Waals surface area contributed by atoms with Gasteiger partial charge in [0.05, 0.1) is 30.2 Å². The van der Waals surface area contributed by atoms with Gasteiger partial charge in [0, 0.05) is 25.2 Å². The molecule has 2 aliphatic rings. The number of carbonyl (C=O) groups excluding carboxylic acids is 1. The normalized spacial score (nSPS) is 18.9. The van der Waals surface area contributed by atoms with Crippen molar-refractivity contribution < 1.29 is 22.5 Å². The number of hydrogen-bond acceptors (Lipinski definition) is 8. The number of carbonyl (C=O) groups is 1. The van der Waals surface area contributed by atoms with Crippen LogP contribution in [-0.4, -0.2) is 67.0 Å². The molecule has 38 heavy (non-hydrogen) atoms. The summed E-state index contributed by atoms with van der Waals surface area (Å²) >= 11 is 0. The summed E-state index contributed by atoms with van der Waals surface area (Å²) < 4.78 is 38.5. The van der Waals surface area contributed by atoms with Gasteiger partial charge >= 0.3 is 0 Å². The van der Waals surface area contributed by atoms with Gasteiger partial charge in [-0.15, -0.1) is 0 Å². The molecule has 0 spiro atoms. The van der Waals surface area contributed by atoms with E-state index in [1.54, 1.807) is 6.07 Å². The van der Waals surface area contributed by atoms with Crippen LogP contribution in [0.15, 0.2) is 51.9 Å². The summed E-state index contributed by atoms with van der Waals surface area (Å²) in [6.07, 6.45) is 3.29. The van der Waals surface area contributed by atoms with Gasteiger partial charge in [0.15, 0.2) is 0 Å². The fourth-order valence-corrected chi connectivity index (χ4v) is 6.63. The topological polar surface area (TPSA) is 118 Å². The van der Waals surface area contributed by atoms with E-state index in [0.717, 1.165) is 43.4 Å². The molecule has 0 saturated carbocycles. The summed E-state index contributed by atoms with van der Waals surface area (Å²) in [5.74, 6) is 1.03. The quantitative estimate of drug-likeness (QED) is 0.461. The van der Waals surface area contributed by atoms with E-state index in [-0.39, 0.29) is 16.7 Å². The van der Waals surface area contributed by atoms with Gasteiger partial charge in [-0.25, -0.2) is 8.42 Å². The van der Waals surface area contributed by atoms with Crippen LogP contribution in [0.2, 0.25) is 0 Å². The molecule has 2 aliphatic heterocycles. The number of ether oxygens (including phenoxy) is 1. The molecule has 2 aromatic carbocycles. The number of likely N-dealkylation sites (tertiary alicyclic amines) is 1. The molecular weight excluding hydrogens is 506 g/mol.